The molecule has 4 aliphatic heterocycles. The molecular weight excluding hydrogens is 1290 g/mol. The highest BCUT2D eigenvalue weighted by atomic mass is 16.4. The normalized spacial score (nSPS) is 19.7. The van der Waals surface area contributed by atoms with Crippen LogP contribution in [0, 0.1) is 5.92 Å². The van der Waals surface area contributed by atoms with Crippen molar-refractivity contribution in [2.45, 2.75) is 189 Å². The van der Waals surface area contributed by atoms with Gasteiger partial charge in [0.2, 0.25) is 76.8 Å². The topological polar surface area (TPSA) is 479 Å². The van der Waals surface area contributed by atoms with Crippen molar-refractivity contribution in [3.63, 3.8) is 0 Å². The van der Waals surface area contributed by atoms with Crippen molar-refractivity contribution < 1.29 is 77.3 Å². The molecule has 0 unspecified atom stereocenters. The van der Waals surface area contributed by atoms with Crippen molar-refractivity contribution in [2.75, 3.05) is 26.2 Å². The third-order valence-electron chi connectivity index (χ3n) is 18.7. The average Bonchev–Trinajstić information content (AvgIpc) is 1.58. The maximum atomic E-state index is 15.5. The number of primary amides is 2. The maximum absolute atomic E-state index is 15.5. The number of likely N-dealkylation sites (tertiary alicyclic amines) is 3. The summed E-state index contributed by atoms with van der Waals surface area (Å²) in [5.74, 6) is -12.1. The molecule has 8 rings (SSSR count). The van der Waals surface area contributed by atoms with Gasteiger partial charge in [-0.1, -0.05) is 74.5 Å². The molecule has 31 heteroatoms. The van der Waals surface area contributed by atoms with E-state index in [2.05, 4.69) is 47.5 Å². The monoisotopic (exact) mass is 1390 g/mol. The third kappa shape index (κ3) is 19.3. The van der Waals surface area contributed by atoms with E-state index in [4.69, 9.17) is 17.2 Å². The summed E-state index contributed by atoms with van der Waals surface area (Å²) < 4.78 is 0. The maximum Gasteiger partial charge on any atom is 0.305 e. The molecule has 4 fully saturated rings. The Labute approximate surface area is 577 Å². The van der Waals surface area contributed by atoms with Crippen LogP contribution in [0.5, 0.6) is 5.75 Å². The average molecular weight is 1390 g/mol. The molecule has 100 heavy (non-hydrogen) atoms. The van der Waals surface area contributed by atoms with Crippen molar-refractivity contribution in [3.05, 3.63) is 102 Å². The van der Waals surface area contributed by atoms with E-state index in [-0.39, 0.29) is 121 Å². The zero-order valence-corrected chi connectivity index (χ0v) is 56.3. The molecule has 17 N–H and O–H groups in total. The van der Waals surface area contributed by atoms with Gasteiger partial charge in [-0.2, -0.15) is 0 Å². The van der Waals surface area contributed by atoms with E-state index in [0.29, 0.717) is 24.0 Å². The molecule has 0 saturated carbocycles. The van der Waals surface area contributed by atoms with Gasteiger partial charge in [0, 0.05) is 62.4 Å². The standard InChI is InChI=1S/C69H91N15O16/c1-38(2)31-54(65(97)77-48(58(72)90)34-42-37-73-45-16-8-7-15-44(42)45)83-30-26-69(68(83)100)25-12-29-84(69)67(99)51(33-41-19-21-43(85)22-20-41)81-62(94)49(32-40-13-5-4-6-14-40)78-61(93)46(17-9-10-27-70)76-63(95)50(35-55(71)86)79-64(96)53-18-11-28-82(53)66(98)52(36-57(88)89)80-59(91)39(3)74-60(92)47-23-24-56(87)75-47/h4-8,13-16,19-22,37-39,46-54,73,85H,9-12,17-18,23-36,70H2,1-3H3,(H2,71,86)(H2,72,90)(H,74,92)(H,75,87)(H,76,95)(H,77,97)(H,78,93)(H,79,96)(H,80,91)(H,81,94)(H,88,89)/t39-,46-,47-,48-,49-,50-,51-,52-,53-,54+,69-/m0/s1. The number of benzene rings is 3. The van der Waals surface area contributed by atoms with Crippen LogP contribution in [0.25, 0.3) is 10.9 Å². The van der Waals surface area contributed by atoms with Crippen LogP contribution >= 0.6 is 0 Å². The number of phenolic OH excluding ortho intramolecular Hbond substituents is 1. The molecule has 538 valence electrons. The number of unbranched alkanes of at least 4 members (excludes halogenated alkanes) is 1. The highest BCUT2D eigenvalue weighted by Gasteiger charge is 2.58. The van der Waals surface area contributed by atoms with E-state index in [0.717, 1.165) is 21.4 Å². The van der Waals surface area contributed by atoms with Crippen molar-refractivity contribution in [2.24, 2.45) is 23.1 Å². The number of carboxylic acids is 1. The number of amides is 13. The minimum atomic E-state index is -1.78. The molecule has 31 nitrogen and oxygen atoms in total. The first-order valence-electron chi connectivity index (χ1n) is 33.9. The molecule has 11 atom stereocenters. The molecule has 13 amide bonds. The number of fused-ring (bicyclic) bond motifs is 1. The Hall–Kier alpha value is -10.5. The number of carbonyl (C=O) groups excluding carboxylic acids is 13. The number of nitrogens with zero attached hydrogens (tertiary/aromatic N) is 3. The number of aromatic nitrogens is 1. The van der Waals surface area contributed by atoms with Crippen LogP contribution in [0.4, 0.5) is 0 Å². The van der Waals surface area contributed by atoms with Crippen LogP contribution < -0.4 is 59.7 Å². The van der Waals surface area contributed by atoms with E-state index < -0.39 is 156 Å². The number of hydrogen-bond acceptors (Lipinski definition) is 16. The predicted molar refractivity (Wildman–Crippen MR) is 360 cm³/mol. The first kappa shape index (κ1) is 75.3. The molecule has 5 heterocycles. The van der Waals surface area contributed by atoms with Gasteiger partial charge in [0.25, 0.3) is 0 Å². The zero-order chi connectivity index (χ0) is 72.5. The van der Waals surface area contributed by atoms with E-state index in [1.54, 1.807) is 48.7 Å². The van der Waals surface area contributed by atoms with Gasteiger partial charge in [0.05, 0.1) is 12.8 Å². The Bertz CT molecular complexity index is 3700. The summed E-state index contributed by atoms with van der Waals surface area (Å²) in [5.41, 5.74) is 18.5. The lowest BCUT2D eigenvalue weighted by atomic mass is 9.92. The molecule has 0 radical (unpaired) electrons. The van der Waals surface area contributed by atoms with Crippen LogP contribution in [0.3, 0.4) is 0 Å². The molecule has 0 aliphatic carbocycles. The Kier molecular flexibility index (Phi) is 25.9. The minimum absolute atomic E-state index is 0.0174. The molecule has 1 aromatic heterocycles. The third-order valence-corrected chi connectivity index (χ3v) is 18.7. The number of nitrogens with one attached hydrogen (secondary N) is 9. The van der Waals surface area contributed by atoms with Gasteiger partial charge in [0.15, 0.2) is 0 Å². The van der Waals surface area contributed by atoms with E-state index in [1.807, 2.05) is 38.1 Å². The van der Waals surface area contributed by atoms with Crippen LogP contribution in [0.15, 0.2) is 85.1 Å². The quantitative estimate of drug-likeness (QED) is 0.0238. The van der Waals surface area contributed by atoms with Gasteiger partial charge < -0.3 is 89.6 Å². The Balaban J connectivity index is 0.996. The minimum Gasteiger partial charge on any atom is -0.508 e. The summed E-state index contributed by atoms with van der Waals surface area (Å²) in [6.45, 7) is 5.27. The van der Waals surface area contributed by atoms with Crippen LogP contribution in [0.2, 0.25) is 0 Å². The first-order valence-corrected chi connectivity index (χ1v) is 33.9. The predicted octanol–water partition coefficient (Wildman–Crippen LogP) is -1.44. The fourth-order valence-electron chi connectivity index (χ4n) is 13.5. The summed E-state index contributed by atoms with van der Waals surface area (Å²) in [7, 11) is 0. The lowest BCUT2D eigenvalue weighted by Crippen LogP contribution is -2.62. The fraction of sp³-hybridized carbons (Fsp3) is 0.507. The molecule has 0 bridgehead atoms. The molecule has 4 aliphatic rings. The number of aliphatic carboxylic acids is 1. The number of carboxylic acid groups (broad SMARTS) is 1. The number of carbonyl (C=O) groups is 14. The SMILES string of the molecule is CC(C)C[C@H](C(=O)N[C@@H](Cc1c[nH]c2ccccc12)C(N)=O)N1CC[C@@]2(CCCN2C(=O)[C@H](Cc2ccc(O)cc2)NC(=O)[C@H](Cc2ccccc2)NC(=O)[C@H](CCCCN)NC(=O)[C@H](CC(N)=O)NC(=O)[C@@H]2CCCN2C(=O)[C@H](CC(=O)O)NC(=O)[C@H](C)NC(=O)[C@@H]2CCC(=O)N2)C1=O. The number of aromatic hydroxyl groups is 1. The second kappa shape index (κ2) is 34.4. The number of hydrogen-bond donors (Lipinski definition) is 14. The summed E-state index contributed by atoms with van der Waals surface area (Å²) in [4.78, 5) is 201. The van der Waals surface area contributed by atoms with Crippen molar-refractivity contribution in [1.29, 1.82) is 0 Å². The number of nitrogens with two attached hydrogens (primary N) is 3. The van der Waals surface area contributed by atoms with E-state index >= 15 is 14.4 Å². The number of aromatic amines is 1. The molecule has 4 aromatic rings. The number of phenols is 1. The molecule has 4 saturated heterocycles. The van der Waals surface area contributed by atoms with Crippen LogP contribution in [-0.2, 0) is 86.4 Å². The van der Waals surface area contributed by atoms with Crippen LogP contribution in [0.1, 0.15) is 121 Å². The highest BCUT2D eigenvalue weighted by Crippen LogP contribution is 2.41. The van der Waals surface area contributed by atoms with E-state index in [1.165, 1.54) is 28.9 Å². The summed E-state index contributed by atoms with van der Waals surface area (Å²) in [6, 6.07) is 8.15. The van der Waals surface area contributed by atoms with Gasteiger partial charge in [-0.25, -0.2) is 0 Å². The van der Waals surface area contributed by atoms with E-state index in [9.17, 15) is 63.0 Å². The molecule has 1 spiro atoms. The van der Waals surface area contributed by atoms with Gasteiger partial charge in [-0.3, -0.25) is 67.1 Å². The number of H-pyrrole nitrogens is 1. The van der Waals surface area contributed by atoms with Crippen molar-refractivity contribution in [1.82, 2.24) is 62.2 Å². The van der Waals surface area contributed by atoms with Gasteiger partial charge in [-0.15, -0.1) is 0 Å². The Morgan fingerprint density at radius 1 is 0.620 bits per heavy atom. The fourth-order valence-corrected chi connectivity index (χ4v) is 13.5. The summed E-state index contributed by atoms with van der Waals surface area (Å²) in [6.07, 6.45) is 1.53. The van der Waals surface area contributed by atoms with Gasteiger partial charge in [-0.05, 0) is 118 Å². The molecule has 3 aromatic carbocycles. The zero-order valence-electron chi connectivity index (χ0n) is 56.3. The largest absolute Gasteiger partial charge is 0.508 e. The first-order chi connectivity index (χ1) is 47.7. The second-order valence-electron chi connectivity index (χ2n) is 26.5. The number of rotatable bonds is 34. The lowest BCUT2D eigenvalue weighted by Gasteiger charge is -2.37. The highest BCUT2D eigenvalue weighted by molar-refractivity contribution is 6.02. The van der Waals surface area contributed by atoms with Gasteiger partial charge in [0.1, 0.15) is 71.7 Å². The lowest BCUT2D eigenvalue weighted by molar-refractivity contribution is -0.151. The second-order valence-corrected chi connectivity index (χ2v) is 26.5. The van der Waals surface area contributed by atoms with Gasteiger partial charge >= 0.3 is 5.97 Å². The molecular formula is C69H91N15O16. The van der Waals surface area contributed by atoms with Crippen LogP contribution in [-0.4, -0.2) is 205 Å². The smallest absolute Gasteiger partial charge is 0.305 e. The van der Waals surface area contributed by atoms with Crippen molar-refractivity contribution in [3.8, 4) is 5.75 Å². The summed E-state index contributed by atoms with van der Waals surface area (Å²) >= 11 is 0. The Morgan fingerprint density at radius 2 is 1.26 bits per heavy atom. The Morgan fingerprint density at radius 3 is 1.93 bits per heavy atom. The van der Waals surface area contributed by atoms with Crippen molar-refractivity contribution >= 4 is 93.7 Å². The summed E-state index contributed by atoms with van der Waals surface area (Å²) in [5, 5.41) is 41.7. The number of para-hydroxylation sites is 1.